The molecule has 1 atom stereocenters. The zero-order valence-electron chi connectivity index (χ0n) is 22.1. The Kier molecular flexibility index (Phi) is 9.27. The van der Waals surface area contributed by atoms with Gasteiger partial charge < -0.3 is 9.08 Å². The van der Waals surface area contributed by atoms with E-state index in [4.69, 9.17) is 8.47 Å². The van der Waals surface area contributed by atoms with Crippen molar-refractivity contribution in [3.8, 4) is 5.75 Å². The third-order valence-electron chi connectivity index (χ3n) is 7.04. The molecule has 1 aromatic heterocycles. The fourth-order valence-corrected chi connectivity index (χ4v) is 5.20. The normalized spacial score (nSPS) is 14.1. The van der Waals surface area contributed by atoms with Gasteiger partial charge in [0.1, 0.15) is 5.75 Å². The van der Waals surface area contributed by atoms with E-state index in [1.807, 2.05) is 53.6 Å². The van der Waals surface area contributed by atoms with Gasteiger partial charge in [-0.3, -0.25) is 9.78 Å². The van der Waals surface area contributed by atoms with Crippen LogP contribution in [0.3, 0.4) is 0 Å². The maximum Gasteiger partial charge on any atom is 0.244 e. The Balaban J connectivity index is 1.26. The number of carbonyl (C=O) groups excluding carboxylic acids is 1. The average molecular weight is 540 g/mol. The van der Waals surface area contributed by atoms with E-state index in [1.165, 1.54) is 11.1 Å². The van der Waals surface area contributed by atoms with Crippen LogP contribution < -0.4 is 14.6 Å². The van der Waals surface area contributed by atoms with Crippen molar-refractivity contribution in [1.29, 1.82) is 0 Å². The zero-order valence-corrected chi connectivity index (χ0v) is 22.9. The molecule has 39 heavy (non-hydrogen) atoms. The van der Waals surface area contributed by atoms with E-state index in [9.17, 15) is 4.79 Å². The third kappa shape index (κ3) is 7.26. The Hall–Kier alpha value is -3.65. The smallest absolute Gasteiger partial charge is 0.244 e. The SMILES string of the molecule is CCc1ccc(OSONC2CCc3ccc(N(Cc4cccnc4)C(=O)CCc4ccccc4)cc32)cc1. The van der Waals surface area contributed by atoms with E-state index < -0.39 is 0 Å². The number of benzene rings is 3. The molecule has 4 aromatic rings. The van der Waals surface area contributed by atoms with Crippen LogP contribution in [0.4, 0.5) is 5.69 Å². The largest absolute Gasteiger partial charge is 0.399 e. The molecule has 5 rings (SSSR count). The van der Waals surface area contributed by atoms with Crippen LogP contribution in [0.25, 0.3) is 0 Å². The number of fused-ring (bicyclic) bond motifs is 1. The van der Waals surface area contributed by atoms with Crippen molar-refractivity contribution in [1.82, 2.24) is 10.5 Å². The summed E-state index contributed by atoms with van der Waals surface area (Å²) in [6.07, 6.45) is 7.55. The molecule has 0 spiro atoms. The lowest BCUT2D eigenvalue weighted by Gasteiger charge is -2.24. The van der Waals surface area contributed by atoms with E-state index in [0.717, 1.165) is 59.7 Å². The molecule has 0 radical (unpaired) electrons. The Morgan fingerprint density at radius 1 is 1.00 bits per heavy atom. The first-order valence-electron chi connectivity index (χ1n) is 13.4. The van der Waals surface area contributed by atoms with E-state index in [2.05, 4.69) is 59.9 Å². The molecule has 1 unspecified atom stereocenters. The summed E-state index contributed by atoms with van der Waals surface area (Å²) in [5.74, 6) is 0.827. The van der Waals surface area contributed by atoms with Gasteiger partial charge >= 0.3 is 0 Å². The minimum Gasteiger partial charge on any atom is -0.399 e. The summed E-state index contributed by atoms with van der Waals surface area (Å²) < 4.78 is 11.3. The molecule has 3 aromatic carbocycles. The second-order valence-corrected chi connectivity index (χ2v) is 10.1. The van der Waals surface area contributed by atoms with Gasteiger partial charge in [0.2, 0.25) is 18.2 Å². The molecule has 0 bridgehead atoms. The predicted octanol–water partition coefficient (Wildman–Crippen LogP) is 6.96. The lowest BCUT2D eigenvalue weighted by molar-refractivity contribution is -0.118. The van der Waals surface area contributed by atoms with Gasteiger partial charge in [0.25, 0.3) is 0 Å². The van der Waals surface area contributed by atoms with Crippen molar-refractivity contribution in [3.63, 3.8) is 0 Å². The number of nitrogens with one attached hydrogen (secondary N) is 1. The molecule has 0 fully saturated rings. The molecule has 0 saturated heterocycles. The van der Waals surface area contributed by atoms with Gasteiger partial charge in [-0.2, -0.15) is 9.76 Å². The van der Waals surface area contributed by atoms with E-state index in [-0.39, 0.29) is 11.9 Å². The molecular formula is C32H33N3O3S. The highest BCUT2D eigenvalue weighted by Gasteiger charge is 2.25. The maximum absolute atomic E-state index is 13.5. The standard InChI is InChI=1S/C32H33N3O3S/c1-2-24-10-16-29(17-11-24)37-39-38-34-31-18-14-27-13-15-28(21-30(27)31)35(23-26-9-6-20-33-22-26)32(36)19-12-25-7-4-3-5-8-25/h3-11,13,15-17,20-22,31,34H,2,12,14,18-19,23H2,1H3. The molecule has 0 saturated carbocycles. The Morgan fingerprint density at radius 2 is 1.82 bits per heavy atom. The average Bonchev–Trinajstić information content (AvgIpc) is 3.40. The third-order valence-corrected chi connectivity index (χ3v) is 7.46. The summed E-state index contributed by atoms with van der Waals surface area (Å²) in [5.41, 5.74) is 9.85. The predicted molar refractivity (Wildman–Crippen MR) is 156 cm³/mol. The molecule has 0 aliphatic heterocycles. The number of anilines is 1. The van der Waals surface area contributed by atoms with Gasteiger partial charge in [-0.1, -0.05) is 61.5 Å². The van der Waals surface area contributed by atoms with Crippen molar-refractivity contribution in [2.45, 2.75) is 51.6 Å². The maximum atomic E-state index is 13.5. The Labute approximate surface area is 234 Å². The number of hydrogen-bond donors (Lipinski definition) is 1. The van der Waals surface area contributed by atoms with Gasteiger partial charge in [0.15, 0.2) is 0 Å². The summed E-state index contributed by atoms with van der Waals surface area (Å²) in [4.78, 5) is 19.7. The highest BCUT2D eigenvalue weighted by atomic mass is 32.2. The number of rotatable bonds is 12. The van der Waals surface area contributed by atoms with E-state index >= 15 is 0 Å². The van der Waals surface area contributed by atoms with Crippen molar-refractivity contribution < 1.29 is 13.3 Å². The van der Waals surface area contributed by atoms with Crippen molar-refractivity contribution in [3.05, 3.63) is 125 Å². The molecule has 200 valence electrons. The summed E-state index contributed by atoms with van der Waals surface area (Å²) in [5, 5.41) is 0. The summed E-state index contributed by atoms with van der Waals surface area (Å²) in [6, 6.07) is 28.3. The summed E-state index contributed by atoms with van der Waals surface area (Å²) in [7, 11) is 0. The first-order valence-corrected chi connectivity index (χ1v) is 14.1. The molecule has 1 amide bonds. The topological polar surface area (TPSA) is 63.7 Å². The highest BCUT2D eigenvalue weighted by molar-refractivity contribution is 7.90. The molecule has 1 aliphatic carbocycles. The van der Waals surface area contributed by atoms with Crippen molar-refractivity contribution >= 4 is 23.9 Å². The number of carbonyl (C=O) groups is 1. The number of nitrogens with zero attached hydrogens (tertiary/aromatic N) is 2. The first kappa shape index (κ1) is 26.9. The van der Waals surface area contributed by atoms with Crippen LogP contribution in [-0.4, -0.2) is 10.9 Å². The highest BCUT2D eigenvalue weighted by Crippen LogP contribution is 2.35. The number of aromatic nitrogens is 1. The molecule has 1 N–H and O–H groups in total. The van der Waals surface area contributed by atoms with E-state index in [0.29, 0.717) is 19.4 Å². The first-order chi connectivity index (χ1) is 19.2. The van der Waals surface area contributed by atoms with Crippen molar-refractivity contribution in [2.75, 3.05) is 4.90 Å². The fourth-order valence-electron chi connectivity index (χ4n) is 4.82. The molecular weight excluding hydrogens is 506 g/mol. The Morgan fingerprint density at radius 3 is 2.59 bits per heavy atom. The quantitative estimate of drug-likeness (QED) is 0.119. The van der Waals surface area contributed by atoms with Crippen molar-refractivity contribution in [2.24, 2.45) is 0 Å². The van der Waals surface area contributed by atoms with Crippen LogP contribution in [0, 0.1) is 0 Å². The van der Waals surface area contributed by atoms with Gasteiger partial charge in [-0.05, 0) is 83.8 Å². The van der Waals surface area contributed by atoms with Crippen LogP contribution in [0.1, 0.15) is 53.6 Å². The lowest BCUT2D eigenvalue weighted by atomic mass is 10.1. The van der Waals surface area contributed by atoms with Crippen LogP contribution in [-0.2, 0) is 34.9 Å². The van der Waals surface area contributed by atoms with Crippen LogP contribution in [0.5, 0.6) is 5.75 Å². The number of amides is 1. The van der Waals surface area contributed by atoms with Crippen LogP contribution >= 0.6 is 12.3 Å². The second-order valence-electron chi connectivity index (χ2n) is 9.65. The van der Waals surface area contributed by atoms with Crippen LogP contribution in [0.2, 0.25) is 0 Å². The van der Waals surface area contributed by atoms with Crippen LogP contribution in [0.15, 0.2) is 97.3 Å². The number of pyridine rings is 1. The Bertz CT molecular complexity index is 1350. The summed E-state index contributed by atoms with van der Waals surface area (Å²) in [6.45, 7) is 2.59. The monoisotopic (exact) mass is 539 g/mol. The number of aryl methyl sites for hydroxylation is 3. The molecule has 6 nitrogen and oxygen atoms in total. The number of hydroxylamine groups is 1. The fraction of sp³-hybridized carbons (Fsp3) is 0.250. The van der Waals surface area contributed by atoms with E-state index in [1.54, 1.807) is 6.20 Å². The minimum atomic E-state index is 0.0122. The minimum absolute atomic E-state index is 0.0122. The molecule has 7 heteroatoms. The summed E-state index contributed by atoms with van der Waals surface area (Å²) >= 11 is 0.920. The lowest BCUT2D eigenvalue weighted by Crippen LogP contribution is -2.31. The molecule has 1 aliphatic rings. The number of hydrogen-bond acceptors (Lipinski definition) is 6. The van der Waals surface area contributed by atoms with Gasteiger partial charge in [-0.15, -0.1) is 0 Å². The van der Waals surface area contributed by atoms with Gasteiger partial charge in [-0.25, -0.2) is 0 Å². The second kappa shape index (κ2) is 13.4. The molecule has 1 heterocycles. The van der Waals surface area contributed by atoms with Gasteiger partial charge in [0.05, 0.1) is 12.6 Å². The zero-order chi connectivity index (χ0) is 26.9. The van der Waals surface area contributed by atoms with Gasteiger partial charge in [0, 0.05) is 24.5 Å².